The van der Waals surface area contributed by atoms with Gasteiger partial charge in [0.25, 0.3) is 5.91 Å². The lowest BCUT2D eigenvalue weighted by molar-refractivity contribution is -0.137. The maximum atomic E-state index is 13.4. The molecule has 4 rings (SSSR count). The second-order valence-corrected chi connectivity index (χ2v) is 7.98. The van der Waals surface area contributed by atoms with Crippen molar-refractivity contribution in [2.24, 2.45) is 0 Å². The van der Waals surface area contributed by atoms with Crippen LogP contribution >= 0.6 is 0 Å². The first-order chi connectivity index (χ1) is 16.3. The Hall–Kier alpha value is -3.87. The van der Waals surface area contributed by atoms with E-state index in [0.717, 1.165) is 23.4 Å². The highest BCUT2D eigenvalue weighted by atomic mass is 19.4. The SMILES string of the molecule is O=C(c1ccc(F)cc1)N(Cc1ccccc1)Cc1cccn1Cc1cccc(C(F)(F)F)c1. The van der Waals surface area contributed by atoms with Gasteiger partial charge in [-0.05, 0) is 59.7 Å². The Kier molecular flexibility index (Phi) is 6.82. The molecule has 0 saturated heterocycles. The van der Waals surface area contributed by atoms with Gasteiger partial charge in [-0.15, -0.1) is 0 Å². The summed E-state index contributed by atoms with van der Waals surface area (Å²) in [5.41, 5.74) is 1.86. The topological polar surface area (TPSA) is 25.2 Å². The molecular weight excluding hydrogens is 444 g/mol. The van der Waals surface area contributed by atoms with Crippen molar-refractivity contribution in [3.63, 3.8) is 0 Å². The predicted molar refractivity (Wildman–Crippen MR) is 121 cm³/mol. The average molecular weight is 466 g/mol. The molecule has 1 amide bonds. The summed E-state index contributed by atoms with van der Waals surface area (Å²) in [5.74, 6) is -0.697. The van der Waals surface area contributed by atoms with E-state index in [1.54, 1.807) is 23.2 Å². The molecule has 34 heavy (non-hydrogen) atoms. The summed E-state index contributed by atoms with van der Waals surface area (Å²) in [6.07, 6.45) is -2.64. The van der Waals surface area contributed by atoms with Gasteiger partial charge in [0.1, 0.15) is 5.82 Å². The summed E-state index contributed by atoms with van der Waals surface area (Å²) in [5, 5.41) is 0. The van der Waals surface area contributed by atoms with Gasteiger partial charge in [0.15, 0.2) is 0 Å². The van der Waals surface area contributed by atoms with E-state index in [4.69, 9.17) is 0 Å². The van der Waals surface area contributed by atoms with Gasteiger partial charge in [-0.2, -0.15) is 13.2 Å². The van der Waals surface area contributed by atoms with Crippen molar-refractivity contribution < 1.29 is 22.4 Å². The molecule has 3 nitrogen and oxygen atoms in total. The largest absolute Gasteiger partial charge is 0.416 e. The van der Waals surface area contributed by atoms with Gasteiger partial charge in [-0.1, -0.05) is 42.5 Å². The summed E-state index contributed by atoms with van der Waals surface area (Å²) in [6, 6.07) is 23.7. The molecule has 1 heterocycles. The smallest absolute Gasteiger partial charge is 0.345 e. The Morgan fingerprint density at radius 2 is 1.50 bits per heavy atom. The maximum Gasteiger partial charge on any atom is 0.416 e. The highest BCUT2D eigenvalue weighted by Gasteiger charge is 2.30. The predicted octanol–water partition coefficient (Wildman–Crippen LogP) is 6.54. The van der Waals surface area contributed by atoms with E-state index in [1.165, 1.54) is 30.3 Å². The third-order valence-electron chi connectivity index (χ3n) is 5.48. The summed E-state index contributed by atoms with van der Waals surface area (Å²) < 4.78 is 54.5. The first-order valence-electron chi connectivity index (χ1n) is 10.7. The van der Waals surface area contributed by atoms with Crippen LogP contribution < -0.4 is 0 Å². The van der Waals surface area contributed by atoms with Crippen molar-refractivity contribution in [1.29, 1.82) is 0 Å². The molecule has 0 atom stereocenters. The van der Waals surface area contributed by atoms with Crippen LogP contribution in [-0.2, 0) is 25.8 Å². The fourth-order valence-electron chi connectivity index (χ4n) is 3.76. The van der Waals surface area contributed by atoms with E-state index in [-0.39, 0.29) is 19.0 Å². The third kappa shape index (κ3) is 5.73. The van der Waals surface area contributed by atoms with Crippen molar-refractivity contribution in [1.82, 2.24) is 9.47 Å². The molecule has 0 saturated carbocycles. The number of hydrogen-bond donors (Lipinski definition) is 0. The Morgan fingerprint density at radius 1 is 0.794 bits per heavy atom. The van der Waals surface area contributed by atoms with Gasteiger partial charge in [0.2, 0.25) is 0 Å². The molecule has 0 aliphatic carbocycles. The number of rotatable bonds is 7. The van der Waals surface area contributed by atoms with Gasteiger partial charge in [0.05, 0.1) is 12.1 Å². The van der Waals surface area contributed by atoms with Crippen LogP contribution in [0.4, 0.5) is 17.6 Å². The summed E-state index contributed by atoms with van der Waals surface area (Å²) in [4.78, 5) is 14.9. The van der Waals surface area contributed by atoms with Gasteiger partial charge in [-0.3, -0.25) is 4.79 Å². The quantitative estimate of drug-likeness (QED) is 0.284. The molecule has 0 N–H and O–H groups in total. The molecule has 3 aromatic carbocycles. The second kappa shape index (κ2) is 9.95. The Morgan fingerprint density at radius 3 is 2.21 bits per heavy atom. The van der Waals surface area contributed by atoms with Crippen molar-refractivity contribution in [3.05, 3.63) is 131 Å². The van der Waals surface area contributed by atoms with Crippen LogP contribution in [0.3, 0.4) is 0 Å². The normalized spacial score (nSPS) is 11.4. The lowest BCUT2D eigenvalue weighted by Crippen LogP contribution is -2.31. The number of nitrogens with zero attached hydrogens (tertiary/aromatic N) is 2. The number of benzene rings is 3. The highest BCUT2D eigenvalue weighted by Crippen LogP contribution is 2.29. The van der Waals surface area contributed by atoms with E-state index in [0.29, 0.717) is 17.7 Å². The molecule has 4 aromatic rings. The molecule has 0 bridgehead atoms. The van der Waals surface area contributed by atoms with E-state index < -0.39 is 17.6 Å². The number of carbonyl (C=O) groups is 1. The van der Waals surface area contributed by atoms with E-state index in [2.05, 4.69) is 0 Å². The van der Waals surface area contributed by atoms with Crippen LogP contribution in [-0.4, -0.2) is 15.4 Å². The molecule has 1 aromatic heterocycles. The zero-order valence-electron chi connectivity index (χ0n) is 18.2. The summed E-state index contributed by atoms with van der Waals surface area (Å²) >= 11 is 0. The molecule has 0 radical (unpaired) electrons. The third-order valence-corrected chi connectivity index (χ3v) is 5.48. The zero-order valence-corrected chi connectivity index (χ0v) is 18.2. The molecule has 0 fully saturated rings. The van der Waals surface area contributed by atoms with Crippen LogP contribution in [0, 0.1) is 5.82 Å². The first-order valence-corrected chi connectivity index (χ1v) is 10.7. The Labute approximate surface area is 194 Å². The van der Waals surface area contributed by atoms with Crippen molar-refractivity contribution in [3.8, 4) is 0 Å². The van der Waals surface area contributed by atoms with Gasteiger partial charge < -0.3 is 9.47 Å². The molecule has 0 spiro atoms. The minimum Gasteiger partial charge on any atom is -0.345 e. The highest BCUT2D eigenvalue weighted by molar-refractivity contribution is 5.94. The van der Waals surface area contributed by atoms with Crippen LogP contribution in [0.1, 0.15) is 32.7 Å². The first kappa shape index (κ1) is 23.3. The van der Waals surface area contributed by atoms with Gasteiger partial charge >= 0.3 is 6.18 Å². The molecule has 0 aliphatic heterocycles. The van der Waals surface area contributed by atoms with Crippen molar-refractivity contribution >= 4 is 5.91 Å². The van der Waals surface area contributed by atoms with Crippen LogP contribution in [0.2, 0.25) is 0 Å². The summed E-state index contributed by atoms with van der Waals surface area (Å²) in [6.45, 7) is 0.791. The van der Waals surface area contributed by atoms with Crippen LogP contribution in [0.25, 0.3) is 0 Å². The van der Waals surface area contributed by atoms with E-state index >= 15 is 0 Å². The minimum absolute atomic E-state index is 0.232. The van der Waals surface area contributed by atoms with E-state index in [9.17, 15) is 22.4 Å². The van der Waals surface area contributed by atoms with Crippen molar-refractivity contribution in [2.45, 2.75) is 25.8 Å². The second-order valence-electron chi connectivity index (χ2n) is 7.98. The molecular formula is C27H22F4N2O. The molecule has 0 aliphatic rings. The monoisotopic (exact) mass is 466 g/mol. The van der Waals surface area contributed by atoms with Gasteiger partial charge in [0, 0.05) is 30.5 Å². The molecule has 174 valence electrons. The lowest BCUT2D eigenvalue weighted by Gasteiger charge is -2.24. The number of alkyl halides is 3. The number of aromatic nitrogens is 1. The van der Waals surface area contributed by atoms with E-state index in [1.807, 2.05) is 41.0 Å². The number of halogens is 4. The molecule has 0 unspecified atom stereocenters. The average Bonchev–Trinajstić information content (AvgIpc) is 3.25. The van der Waals surface area contributed by atoms with Crippen LogP contribution in [0.15, 0.2) is 97.2 Å². The zero-order chi connectivity index (χ0) is 24.1. The standard InChI is InChI=1S/C27H22F4N2O/c28-24-13-11-22(12-14-24)26(34)33(17-20-6-2-1-3-7-20)19-25-10-5-15-32(25)18-21-8-4-9-23(16-21)27(29,30)31/h1-16H,17-19H2. The minimum atomic E-state index is -4.41. The maximum absolute atomic E-state index is 13.4. The van der Waals surface area contributed by atoms with Gasteiger partial charge in [-0.25, -0.2) is 4.39 Å². The number of hydrogen-bond acceptors (Lipinski definition) is 1. The Balaban J connectivity index is 1.59. The fourth-order valence-corrected chi connectivity index (χ4v) is 3.76. The van der Waals surface area contributed by atoms with Crippen molar-refractivity contribution in [2.75, 3.05) is 0 Å². The number of amides is 1. The molecule has 7 heteroatoms. The number of carbonyl (C=O) groups excluding carboxylic acids is 1. The van der Waals surface area contributed by atoms with Crippen LogP contribution in [0.5, 0.6) is 0 Å². The summed E-state index contributed by atoms with van der Waals surface area (Å²) in [7, 11) is 0. The lowest BCUT2D eigenvalue weighted by atomic mass is 10.1. The Bertz CT molecular complexity index is 1250. The fraction of sp³-hybridized carbons (Fsp3) is 0.148.